The summed E-state index contributed by atoms with van der Waals surface area (Å²) in [6, 6.07) is 7.83. The lowest BCUT2D eigenvalue weighted by molar-refractivity contribution is -0.137. The number of unbranched alkanes of at least 4 members (excludes halogenated alkanes) is 1. The largest absolute Gasteiger partial charge is 0.481 e. The monoisotopic (exact) mass is 405 g/mol. The van der Waals surface area contributed by atoms with Crippen molar-refractivity contribution in [2.24, 2.45) is 0 Å². The normalized spacial score (nSPS) is 18.6. The van der Waals surface area contributed by atoms with E-state index in [4.69, 9.17) is 5.11 Å². The number of aliphatic hydroxyl groups excluding tert-OH is 1. The summed E-state index contributed by atoms with van der Waals surface area (Å²) in [5.74, 6) is 0.291. The number of anilines is 1. The van der Waals surface area contributed by atoms with Crippen LogP contribution in [0, 0.1) is 0 Å². The highest BCUT2D eigenvalue weighted by Gasteiger charge is 2.28. The third-order valence-corrected chi connectivity index (χ3v) is 5.69. The second-order valence-corrected chi connectivity index (χ2v) is 8.18. The van der Waals surface area contributed by atoms with Crippen molar-refractivity contribution in [2.45, 2.75) is 63.5 Å². The van der Waals surface area contributed by atoms with Gasteiger partial charge in [0.2, 0.25) is 5.91 Å². The average molecular weight is 406 g/mol. The Bertz CT molecular complexity index is 659. The summed E-state index contributed by atoms with van der Waals surface area (Å²) in [5.41, 5.74) is 1.77. The van der Waals surface area contributed by atoms with Gasteiger partial charge in [-0.05, 0) is 68.2 Å². The van der Waals surface area contributed by atoms with E-state index in [1.807, 2.05) is 41.5 Å². The molecule has 2 atom stereocenters. The summed E-state index contributed by atoms with van der Waals surface area (Å²) < 4.78 is 0. The number of carbonyl (C=O) groups is 2. The van der Waals surface area contributed by atoms with Gasteiger partial charge >= 0.3 is 5.97 Å². The SMILES string of the molecule is CSCCC(O)c1ccc(N2C(=O)CCCC2C/C=C\CCCC(=O)O)cc1. The van der Waals surface area contributed by atoms with Crippen molar-refractivity contribution < 1.29 is 19.8 Å². The van der Waals surface area contributed by atoms with Crippen LogP contribution in [0.4, 0.5) is 5.69 Å². The highest BCUT2D eigenvalue weighted by Crippen LogP contribution is 2.29. The van der Waals surface area contributed by atoms with E-state index in [9.17, 15) is 14.7 Å². The predicted octanol–water partition coefficient (Wildman–Crippen LogP) is 4.56. The zero-order valence-corrected chi connectivity index (χ0v) is 17.4. The molecule has 1 aliphatic heterocycles. The fourth-order valence-corrected chi connectivity index (χ4v) is 3.97. The van der Waals surface area contributed by atoms with Crippen molar-refractivity contribution in [2.75, 3.05) is 16.9 Å². The molecule has 1 fully saturated rings. The number of hydrogen-bond donors (Lipinski definition) is 2. The maximum absolute atomic E-state index is 12.6. The summed E-state index contributed by atoms with van der Waals surface area (Å²) in [5, 5.41) is 18.9. The van der Waals surface area contributed by atoms with Crippen LogP contribution >= 0.6 is 11.8 Å². The smallest absolute Gasteiger partial charge is 0.303 e. The van der Waals surface area contributed by atoms with Crippen LogP contribution in [0.5, 0.6) is 0 Å². The van der Waals surface area contributed by atoms with E-state index in [-0.39, 0.29) is 18.4 Å². The van der Waals surface area contributed by atoms with Crippen LogP contribution in [-0.4, -0.2) is 40.1 Å². The lowest BCUT2D eigenvalue weighted by Crippen LogP contribution is -2.43. The number of amides is 1. The van der Waals surface area contributed by atoms with Crippen molar-refractivity contribution in [3.05, 3.63) is 42.0 Å². The minimum Gasteiger partial charge on any atom is -0.481 e. The van der Waals surface area contributed by atoms with E-state index in [0.29, 0.717) is 12.8 Å². The first-order valence-electron chi connectivity index (χ1n) is 9.98. The van der Waals surface area contributed by atoms with Crippen LogP contribution in [0.3, 0.4) is 0 Å². The van der Waals surface area contributed by atoms with E-state index >= 15 is 0 Å². The molecule has 2 unspecified atom stereocenters. The molecular formula is C22H31NO4S. The second-order valence-electron chi connectivity index (χ2n) is 7.19. The van der Waals surface area contributed by atoms with E-state index in [1.54, 1.807) is 11.8 Å². The molecule has 0 aliphatic carbocycles. The third kappa shape index (κ3) is 6.99. The van der Waals surface area contributed by atoms with Gasteiger partial charge < -0.3 is 15.1 Å². The Hall–Kier alpha value is -1.79. The van der Waals surface area contributed by atoms with Gasteiger partial charge in [0.25, 0.3) is 0 Å². The molecule has 2 rings (SSSR count). The highest BCUT2D eigenvalue weighted by atomic mass is 32.2. The number of carboxylic acid groups (broad SMARTS) is 1. The Labute approximate surface area is 171 Å². The molecule has 1 amide bonds. The molecule has 1 aromatic rings. The van der Waals surface area contributed by atoms with Crippen LogP contribution < -0.4 is 4.90 Å². The van der Waals surface area contributed by atoms with Gasteiger partial charge in [-0.15, -0.1) is 0 Å². The minimum absolute atomic E-state index is 0.129. The summed E-state index contributed by atoms with van der Waals surface area (Å²) in [6.07, 6.45) is 11.1. The lowest BCUT2D eigenvalue weighted by atomic mass is 9.97. The van der Waals surface area contributed by atoms with E-state index in [2.05, 4.69) is 6.08 Å². The van der Waals surface area contributed by atoms with E-state index in [0.717, 1.165) is 49.1 Å². The van der Waals surface area contributed by atoms with Gasteiger partial charge in [-0.25, -0.2) is 0 Å². The van der Waals surface area contributed by atoms with Crippen molar-refractivity contribution in [3.63, 3.8) is 0 Å². The third-order valence-electron chi connectivity index (χ3n) is 5.05. The number of nitrogens with zero attached hydrogens (tertiary/aromatic N) is 1. The number of rotatable bonds is 11. The summed E-state index contributed by atoms with van der Waals surface area (Å²) in [7, 11) is 0. The van der Waals surface area contributed by atoms with Gasteiger partial charge in [0.15, 0.2) is 0 Å². The summed E-state index contributed by atoms with van der Waals surface area (Å²) in [4.78, 5) is 25.0. The molecule has 1 heterocycles. The molecule has 1 aromatic carbocycles. The molecule has 154 valence electrons. The Morgan fingerprint density at radius 1 is 1.32 bits per heavy atom. The Morgan fingerprint density at radius 3 is 2.75 bits per heavy atom. The summed E-state index contributed by atoms with van der Waals surface area (Å²) in [6.45, 7) is 0. The number of benzene rings is 1. The van der Waals surface area contributed by atoms with Crippen molar-refractivity contribution in [1.29, 1.82) is 0 Å². The summed E-state index contributed by atoms with van der Waals surface area (Å²) >= 11 is 1.72. The van der Waals surface area contributed by atoms with E-state index in [1.165, 1.54) is 0 Å². The molecule has 0 radical (unpaired) electrons. The number of carbonyl (C=O) groups excluding carboxylic acids is 1. The number of allylic oxidation sites excluding steroid dienone is 1. The van der Waals surface area contributed by atoms with E-state index < -0.39 is 12.1 Å². The van der Waals surface area contributed by atoms with Gasteiger partial charge in [0, 0.05) is 24.6 Å². The van der Waals surface area contributed by atoms with Gasteiger partial charge in [-0.2, -0.15) is 11.8 Å². The number of aliphatic hydroxyl groups is 1. The first kappa shape index (κ1) is 22.5. The minimum atomic E-state index is -0.764. The molecule has 0 bridgehead atoms. The van der Waals surface area contributed by atoms with Crippen LogP contribution in [0.1, 0.15) is 63.0 Å². The lowest BCUT2D eigenvalue weighted by Gasteiger charge is -2.35. The maximum atomic E-state index is 12.6. The average Bonchev–Trinajstić information content (AvgIpc) is 2.69. The van der Waals surface area contributed by atoms with Crippen LogP contribution in [-0.2, 0) is 9.59 Å². The first-order chi connectivity index (χ1) is 13.5. The fraction of sp³-hybridized carbons (Fsp3) is 0.545. The van der Waals surface area contributed by atoms with Gasteiger partial charge in [0.05, 0.1) is 6.10 Å². The van der Waals surface area contributed by atoms with Crippen molar-refractivity contribution in [1.82, 2.24) is 0 Å². The van der Waals surface area contributed by atoms with Crippen LogP contribution in [0.15, 0.2) is 36.4 Å². The Kier molecular flexibility index (Phi) is 9.58. The van der Waals surface area contributed by atoms with Gasteiger partial charge in [-0.3, -0.25) is 9.59 Å². The maximum Gasteiger partial charge on any atom is 0.303 e. The van der Waals surface area contributed by atoms with Gasteiger partial charge in [0.1, 0.15) is 0 Å². The van der Waals surface area contributed by atoms with Gasteiger partial charge in [-0.1, -0.05) is 24.3 Å². The second kappa shape index (κ2) is 11.9. The molecule has 0 aromatic heterocycles. The fourth-order valence-electron chi connectivity index (χ4n) is 3.52. The zero-order valence-electron chi connectivity index (χ0n) is 16.5. The molecule has 6 heteroatoms. The number of hydrogen-bond acceptors (Lipinski definition) is 4. The molecule has 1 aliphatic rings. The van der Waals surface area contributed by atoms with Crippen molar-refractivity contribution in [3.8, 4) is 0 Å². The topological polar surface area (TPSA) is 77.8 Å². The molecular weight excluding hydrogens is 374 g/mol. The predicted molar refractivity (Wildman–Crippen MR) is 115 cm³/mol. The number of carboxylic acids is 1. The zero-order chi connectivity index (χ0) is 20.4. The number of aliphatic carboxylic acids is 1. The molecule has 0 saturated carbocycles. The highest BCUT2D eigenvalue weighted by molar-refractivity contribution is 7.98. The number of thioether (sulfide) groups is 1. The Morgan fingerprint density at radius 2 is 2.07 bits per heavy atom. The first-order valence-corrected chi connectivity index (χ1v) is 11.4. The molecule has 1 saturated heterocycles. The van der Waals surface area contributed by atoms with Crippen LogP contribution in [0.2, 0.25) is 0 Å². The van der Waals surface area contributed by atoms with Crippen LogP contribution in [0.25, 0.3) is 0 Å². The standard InChI is InChI=1S/C22H31NO4S/c1-28-16-15-20(24)17-11-13-19(14-12-17)23-18(8-6-9-21(23)25)7-4-2-3-5-10-22(26)27/h2,4,11-14,18,20,24H,3,5-10,15-16H2,1H3,(H,26,27)/b4-2-. The molecule has 0 spiro atoms. The molecule has 5 nitrogen and oxygen atoms in total. The number of piperidine rings is 1. The molecule has 2 N–H and O–H groups in total. The quantitative estimate of drug-likeness (QED) is 0.417. The molecule has 28 heavy (non-hydrogen) atoms. The Balaban J connectivity index is 1.98. The van der Waals surface area contributed by atoms with Crippen molar-refractivity contribution >= 4 is 29.3 Å².